The molecule has 12 heavy (non-hydrogen) atoms. The van der Waals surface area contributed by atoms with Crippen molar-refractivity contribution in [2.24, 2.45) is 0 Å². The van der Waals surface area contributed by atoms with Crippen molar-refractivity contribution in [3.05, 3.63) is 18.0 Å². The number of carbonyl (C=O) groups is 1. The second-order valence-electron chi connectivity index (χ2n) is 2.55. The number of rotatable bonds is 3. The van der Waals surface area contributed by atoms with Crippen molar-refractivity contribution < 1.29 is 9.53 Å². The Kier molecular flexibility index (Phi) is 4.89. The molecule has 0 aliphatic carbocycles. The van der Waals surface area contributed by atoms with Gasteiger partial charge >= 0.3 is 6.09 Å². The van der Waals surface area contributed by atoms with Gasteiger partial charge in [0, 0.05) is 0 Å². The molecule has 0 rings (SSSR count). The van der Waals surface area contributed by atoms with Crippen molar-refractivity contribution in [1.82, 2.24) is 5.32 Å². The molecule has 0 aromatic carbocycles. The Hall–Kier alpha value is -1.21. The molecule has 0 radical (unpaired) electrons. The van der Waals surface area contributed by atoms with Crippen molar-refractivity contribution in [2.75, 3.05) is 0 Å². The maximum Gasteiger partial charge on any atom is 0.412 e. The van der Waals surface area contributed by atoms with E-state index in [-0.39, 0.29) is 6.10 Å². The lowest BCUT2D eigenvalue weighted by Gasteiger charge is -2.10. The molecule has 1 atom stereocenters. The van der Waals surface area contributed by atoms with Crippen molar-refractivity contribution >= 4 is 6.09 Å². The Morgan fingerprint density at radius 3 is 2.75 bits per heavy atom. The van der Waals surface area contributed by atoms with E-state index in [1.54, 1.807) is 6.92 Å². The summed E-state index contributed by atoms with van der Waals surface area (Å²) in [6.45, 7) is 8.87. The van der Waals surface area contributed by atoms with E-state index in [0.717, 1.165) is 6.42 Å². The Labute approximate surface area is 73.1 Å². The van der Waals surface area contributed by atoms with Crippen LogP contribution in [0.2, 0.25) is 0 Å². The van der Waals surface area contributed by atoms with E-state index in [1.165, 1.54) is 0 Å². The minimum absolute atomic E-state index is 0.0531. The Balaban J connectivity index is 3.82. The minimum atomic E-state index is -0.446. The third kappa shape index (κ3) is 4.58. The Bertz CT molecular complexity index is 205. The van der Waals surface area contributed by atoms with Gasteiger partial charge in [-0.05, 0) is 20.3 Å². The molecule has 0 saturated heterocycles. The topological polar surface area (TPSA) is 38.3 Å². The predicted octanol–water partition coefficient (Wildman–Crippen LogP) is 2.20. The van der Waals surface area contributed by atoms with E-state index in [0.29, 0.717) is 5.70 Å². The van der Waals surface area contributed by atoms with E-state index in [9.17, 15) is 4.79 Å². The highest BCUT2D eigenvalue weighted by molar-refractivity contribution is 5.69. The molecule has 1 N–H and O–H groups in total. The summed E-state index contributed by atoms with van der Waals surface area (Å²) in [5.74, 6) is 0. The molecule has 0 aromatic heterocycles. The first-order valence-electron chi connectivity index (χ1n) is 3.94. The van der Waals surface area contributed by atoms with Crippen molar-refractivity contribution in [3.63, 3.8) is 0 Å². The Morgan fingerprint density at radius 2 is 2.33 bits per heavy atom. The van der Waals surface area contributed by atoms with Crippen LogP contribution in [0.1, 0.15) is 27.2 Å². The first-order chi connectivity index (χ1) is 5.60. The van der Waals surface area contributed by atoms with Crippen LogP contribution < -0.4 is 5.32 Å². The van der Waals surface area contributed by atoms with Crippen molar-refractivity contribution in [2.45, 2.75) is 33.3 Å². The summed E-state index contributed by atoms with van der Waals surface area (Å²) >= 11 is 0. The van der Waals surface area contributed by atoms with Gasteiger partial charge in [-0.3, -0.25) is 5.32 Å². The van der Waals surface area contributed by atoms with Gasteiger partial charge in [0.15, 0.2) is 0 Å². The molecule has 0 aliphatic rings. The zero-order valence-electron chi connectivity index (χ0n) is 7.81. The van der Waals surface area contributed by atoms with Gasteiger partial charge in [-0.1, -0.05) is 13.5 Å². The molecular formula is C9H15NO2. The molecule has 1 unspecified atom stereocenters. The maximum absolute atomic E-state index is 11.0. The van der Waals surface area contributed by atoms with Gasteiger partial charge in [0.25, 0.3) is 0 Å². The zero-order chi connectivity index (χ0) is 9.56. The summed E-state index contributed by atoms with van der Waals surface area (Å²) in [5.41, 5.74) is 3.11. The van der Waals surface area contributed by atoms with Gasteiger partial charge < -0.3 is 4.74 Å². The summed E-state index contributed by atoms with van der Waals surface area (Å²) < 4.78 is 4.93. The highest BCUT2D eigenvalue weighted by Crippen LogP contribution is 1.96. The quantitative estimate of drug-likeness (QED) is 0.658. The van der Waals surface area contributed by atoms with Crippen LogP contribution in [0.4, 0.5) is 4.79 Å². The molecule has 3 heteroatoms. The number of amides is 1. The second kappa shape index (κ2) is 5.44. The van der Waals surface area contributed by atoms with Crippen LogP contribution in [0.25, 0.3) is 0 Å². The first-order valence-corrected chi connectivity index (χ1v) is 3.94. The number of nitrogens with one attached hydrogen (secondary N) is 1. The van der Waals surface area contributed by atoms with Crippen LogP contribution in [0.15, 0.2) is 18.0 Å². The average Bonchev–Trinajstić information content (AvgIpc) is 2.03. The molecule has 68 valence electrons. The van der Waals surface area contributed by atoms with Crippen LogP contribution in [-0.4, -0.2) is 12.2 Å². The van der Waals surface area contributed by atoms with Crippen molar-refractivity contribution in [1.29, 1.82) is 0 Å². The lowest BCUT2D eigenvalue weighted by atomic mass is 10.3. The van der Waals surface area contributed by atoms with Gasteiger partial charge in [-0.25, -0.2) is 4.79 Å². The summed E-state index contributed by atoms with van der Waals surface area (Å²) in [4.78, 5) is 11.0. The number of allylic oxidation sites excluding steroid dienone is 1. The van der Waals surface area contributed by atoms with E-state index in [4.69, 9.17) is 4.74 Å². The fourth-order valence-corrected chi connectivity index (χ4v) is 0.493. The van der Waals surface area contributed by atoms with Crippen LogP contribution in [0.5, 0.6) is 0 Å². The number of carbonyl (C=O) groups excluding carboxylic acids is 1. The third-order valence-corrected chi connectivity index (χ3v) is 1.44. The molecule has 0 fully saturated rings. The summed E-state index contributed by atoms with van der Waals surface area (Å²) in [7, 11) is 0. The number of hydrogen-bond donors (Lipinski definition) is 1. The summed E-state index contributed by atoms with van der Waals surface area (Å²) in [5, 5.41) is 2.48. The Morgan fingerprint density at radius 1 is 1.75 bits per heavy atom. The monoisotopic (exact) mass is 169 g/mol. The molecule has 0 spiro atoms. The lowest BCUT2D eigenvalue weighted by molar-refractivity contribution is 0.107. The number of ether oxygens (including phenoxy) is 1. The number of alkyl carbamates (subject to hydrolysis) is 1. The molecule has 0 bridgehead atoms. The molecule has 0 saturated carbocycles. The van der Waals surface area contributed by atoms with Gasteiger partial charge in [0.05, 0.1) is 5.70 Å². The van der Waals surface area contributed by atoms with E-state index in [1.807, 2.05) is 13.8 Å². The maximum atomic E-state index is 11.0. The van der Waals surface area contributed by atoms with E-state index in [2.05, 4.69) is 17.6 Å². The zero-order valence-corrected chi connectivity index (χ0v) is 7.81. The van der Waals surface area contributed by atoms with Crippen LogP contribution in [-0.2, 0) is 4.74 Å². The van der Waals surface area contributed by atoms with E-state index >= 15 is 0 Å². The van der Waals surface area contributed by atoms with E-state index < -0.39 is 6.09 Å². The highest BCUT2D eigenvalue weighted by atomic mass is 16.6. The third-order valence-electron chi connectivity index (χ3n) is 1.44. The van der Waals surface area contributed by atoms with Crippen LogP contribution in [0, 0.1) is 0 Å². The fraction of sp³-hybridized carbons (Fsp3) is 0.556. The molecule has 1 amide bonds. The highest BCUT2D eigenvalue weighted by Gasteiger charge is 2.06. The lowest BCUT2D eigenvalue weighted by Crippen LogP contribution is -2.25. The van der Waals surface area contributed by atoms with Gasteiger partial charge in [0.1, 0.15) is 6.10 Å². The molecule has 3 nitrogen and oxygen atoms in total. The number of hydrogen-bond acceptors (Lipinski definition) is 2. The van der Waals surface area contributed by atoms with Gasteiger partial charge in [-0.2, -0.15) is 0 Å². The average molecular weight is 169 g/mol. The minimum Gasteiger partial charge on any atom is -0.446 e. The predicted molar refractivity (Wildman–Crippen MR) is 47.7 cm³/mol. The standard InChI is InChI=1S/C9H15NO2/c1-5-7(3)10-9(11)12-8(4)6-2/h8H,1,6H2,2-4H3,(H,10,11). The normalized spacial score (nSPS) is 11.2. The van der Waals surface area contributed by atoms with Gasteiger partial charge in [0.2, 0.25) is 0 Å². The largest absolute Gasteiger partial charge is 0.446 e. The summed E-state index contributed by atoms with van der Waals surface area (Å²) in [6, 6.07) is 0. The van der Waals surface area contributed by atoms with Crippen LogP contribution >= 0.6 is 0 Å². The fourth-order valence-electron chi connectivity index (χ4n) is 0.493. The first kappa shape index (κ1) is 10.8. The van der Waals surface area contributed by atoms with Gasteiger partial charge in [-0.15, -0.1) is 5.73 Å². The van der Waals surface area contributed by atoms with Crippen molar-refractivity contribution in [3.8, 4) is 0 Å². The summed E-state index contributed by atoms with van der Waals surface area (Å²) in [6.07, 6.45) is 0.310. The smallest absolute Gasteiger partial charge is 0.412 e. The molecule has 0 heterocycles. The second-order valence-corrected chi connectivity index (χ2v) is 2.55. The molecular weight excluding hydrogens is 154 g/mol. The molecule has 0 aromatic rings. The van der Waals surface area contributed by atoms with Crippen LogP contribution in [0.3, 0.4) is 0 Å². The SMILES string of the molecule is C=C=C(C)NC(=O)OC(C)CC. The molecule has 0 aliphatic heterocycles.